The predicted molar refractivity (Wildman–Crippen MR) is 68.4 cm³/mol. The molecule has 0 aromatic rings. The molecule has 0 aromatic heterocycles. The molecule has 4 nitrogen and oxygen atoms in total. The van der Waals surface area contributed by atoms with Crippen LogP contribution in [-0.2, 0) is 19.1 Å². The number of methoxy groups -OCH3 is 2. The number of carbonyl (C=O) groups excluding carboxylic acids is 2. The van der Waals surface area contributed by atoms with Crippen molar-refractivity contribution in [2.45, 2.75) is 32.6 Å². The van der Waals surface area contributed by atoms with Crippen LogP contribution in [0.5, 0.6) is 0 Å². The van der Waals surface area contributed by atoms with Crippen molar-refractivity contribution in [3.63, 3.8) is 0 Å². The number of allylic oxidation sites excluding steroid dienone is 1. The van der Waals surface area contributed by atoms with Crippen molar-refractivity contribution in [2.75, 3.05) is 27.4 Å². The Hall–Kier alpha value is -1.00. The molecule has 18 heavy (non-hydrogen) atoms. The molecule has 0 radical (unpaired) electrons. The lowest BCUT2D eigenvalue weighted by molar-refractivity contribution is -0.117. The molecule has 1 rings (SSSR count). The fourth-order valence-corrected chi connectivity index (χ4v) is 2.56. The van der Waals surface area contributed by atoms with Crippen molar-refractivity contribution in [3.05, 3.63) is 11.6 Å². The highest BCUT2D eigenvalue weighted by atomic mass is 16.5. The van der Waals surface area contributed by atoms with Crippen molar-refractivity contribution in [1.82, 2.24) is 0 Å². The molecule has 0 amide bonds. The zero-order valence-corrected chi connectivity index (χ0v) is 11.5. The Bertz CT molecular complexity index is 338. The van der Waals surface area contributed by atoms with E-state index in [0.29, 0.717) is 32.5 Å². The number of Topliss-reactive ketones (excluding diaryl/α,β-unsaturated/α-hetero) is 2. The van der Waals surface area contributed by atoms with Gasteiger partial charge in [-0.05, 0) is 19.8 Å². The van der Waals surface area contributed by atoms with E-state index in [1.807, 2.05) is 6.08 Å². The topological polar surface area (TPSA) is 52.6 Å². The molecular formula is C14H22O4. The van der Waals surface area contributed by atoms with Gasteiger partial charge in [-0.2, -0.15) is 0 Å². The van der Waals surface area contributed by atoms with Crippen LogP contribution in [0.25, 0.3) is 0 Å². The molecule has 0 bridgehead atoms. The second-order valence-corrected chi connectivity index (χ2v) is 4.93. The van der Waals surface area contributed by atoms with Gasteiger partial charge >= 0.3 is 0 Å². The molecule has 0 atom stereocenters. The largest absolute Gasteiger partial charge is 0.384 e. The Labute approximate surface area is 108 Å². The molecule has 0 spiro atoms. The summed E-state index contributed by atoms with van der Waals surface area (Å²) in [6.07, 6.45) is 4.30. The Balaban J connectivity index is 2.86. The summed E-state index contributed by atoms with van der Waals surface area (Å²) in [5.41, 5.74) is 0.463. The lowest BCUT2D eigenvalue weighted by atomic mass is 9.83. The van der Waals surface area contributed by atoms with Gasteiger partial charge in [0.25, 0.3) is 0 Å². The van der Waals surface area contributed by atoms with Crippen LogP contribution in [0, 0.1) is 5.41 Å². The molecule has 0 N–H and O–H groups in total. The van der Waals surface area contributed by atoms with Crippen LogP contribution in [0.3, 0.4) is 0 Å². The van der Waals surface area contributed by atoms with Crippen molar-refractivity contribution in [3.8, 4) is 0 Å². The quantitative estimate of drug-likeness (QED) is 0.651. The molecule has 1 fully saturated rings. The summed E-state index contributed by atoms with van der Waals surface area (Å²) in [5, 5.41) is 0. The zero-order chi connectivity index (χ0) is 13.6. The molecule has 0 aromatic carbocycles. The van der Waals surface area contributed by atoms with Crippen LogP contribution in [0.15, 0.2) is 11.6 Å². The van der Waals surface area contributed by atoms with Gasteiger partial charge in [-0.1, -0.05) is 6.08 Å². The minimum absolute atomic E-state index is 0.140. The van der Waals surface area contributed by atoms with Gasteiger partial charge in [0.05, 0.1) is 13.2 Å². The smallest absolute Gasteiger partial charge is 0.159 e. The lowest BCUT2D eigenvalue weighted by Gasteiger charge is -2.28. The van der Waals surface area contributed by atoms with Gasteiger partial charge in [-0.25, -0.2) is 0 Å². The van der Waals surface area contributed by atoms with Gasteiger partial charge in [-0.3, -0.25) is 4.79 Å². The first-order valence-corrected chi connectivity index (χ1v) is 6.27. The number of ether oxygens (including phenoxy) is 2. The van der Waals surface area contributed by atoms with Crippen LogP contribution in [-0.4, -0.2) is 39.0 Å². The first kappa shape index (κ1) is 15.1. The third-order valence-corrected chi connectivity index (χ3v) is 3.39. The Morgan fingerprint density at radius 1 is 1.33 bits per heavy atom. The van der Waals surface area contributed by atoms with E-state index in [-0.39, 0.29) is 17.0 Å². The molecule has 0 aliphatic heterocycles. The summed E-state index contributed by atoms with van der Waals surface area (Å²) in [7, 11) is 3.26. The van der Waals surface area contributed by atoms with E-state index in [4.69, 9.17) is 9.47 Å². The number of ketones is 2. The second-order valence-electron chi connectivity index (χ2n) is 4.93. The molecular weight excluding hydrogens is 232 g/mol. The first-order chi connectivity index (χ1) is 8.55. The van der Waals surface area contributed by atoms with Crippen molar-refractivity contribution < 1.29 is 19.1 Å². The van der Waals surface area contributed by atoms with Crippen LogP contribution >= 0.6 is 0 Å². The summed E-state index contributed by atoms with van der Waals surface area (Å²) < 4.78 is 10.5. The number of hydrogen-bond acceptors (Lipinski definition) is 4. The Morgan fingerprint density at radius 3 is 2.44 bits per heavy atom. The maximum Gasteiger partial charge on any atom is 0.159 e. The summed E-state index contributed by atoms with van der Waals surface area (Å²) in [4.78, 5) is 22.9. The summed E-state index contributed by atoms with van der Waals surface area (Å²) in [6.45, 7) is 2.53. The van der Waals surface area contributed by atoms with Gasteiger partial charge in [0.1, 0.15) is 5.78 Å². The zero-order valence-electron chi connectivity index (χ0n) is 11.5. The molecule has 1 saturated carbocycles. The van der Waals surface area contributed by atoms with Gasteiger partial charge < -0.3 is 14.3 Å². The van der Waals surface area contributed by atoms with Gasteiger partial charge in [0.2, 0.25) is 0 Å². The van der Waals surface area contributed by atoms with Crippen LogP contribution in [0.4, 0.5) is 0 Å². The summed E-state index contributed by atoms with van der Waals surface area (Å²) >= 11 is 0. The van der Waals surface area contributed by atoms with E-state index in [1.54, 1.807) is 21.1 Å². The average molecular weight is 254 g/mol. The highest BCUT2D eigenvalue weighted by Crippen LogP contribution is 2.41. The van der Waals surface area contributed by atoms with Crippen molar-refractivity contribution in [2.24, 2.45) is 5.41 Å². The standard InChI is InChI=1S/C14H22O4/c1-11(15)5-4-6-12-13(16)7-8-14(12,9-17-2)10-18-3/h6H,4-5,7-10H2,1-3H3/b12-6-. The summed E-state index contributed by atoms with van der Waals surface area (Å²) in [6, 6.07) is 0. The predicted octanol–water partition coefficient (Wildman–Crippen LogP) is 1.92. The average Bonchev–Trinajstić information content (AvgIpc) is 2.59. The Kier molecular flexibility index (Phi) is 5.69. The minimum atomic E-state index is -0.322. The highest BCUT2D eigenvalue weighted by Gasteiger charge is 2.43. The fourth-order valence-electron chi connectivity index (χ4n) is 2.56. The van der Waals surface area contributed by atoms with E-state index in [0.717, 1.165) is 12.0 Å². The van der Waals surface area contributed by atoms with E-state index < -0.39 is 0 Å². The van der Waals surface area contributed by atoms with E-state index in [2.05, 4.69) is 0 Å². The van der Waals surface area contributed by atoms with Gasteiger partial charge in [0.15, 0.2) is 5.78 Å². The maximum absolute atomic E-state index is 12.0. The molecule has 4 heteroatoms. The van der Waals surface area contributed by atoms with E-state index >= 15 is 0 Å². The normalized spacial score (nSPS) is 20.6. The van der Waals surface area contributed by atoms with Crippen LogP contribution in [0.1, 0.15) is 32.6 Å². The van der Waals surface area contributed by atoms with Crippen LogP contribution in [0.2, 0.25) is 0 Å². The monoisotopic (exact) mass is 254 g/mol. The Morgan fingerprint density at radius 2 is 1.94 bits per heavy atom. The molecule has 1 aliphatic carbocycles. The van der Waals surface area contributed by atoms with Crippen molar-refractivity contribution >= 4 is 11.6 Å². The minimum Gasteiger partial charge on any atom is -0.384 e. The van der Waals surface area contributed by atoms with E-state index in [9.17, 15) is 9.59 Å². The second kappa shape index (κ2) is 6.81. The highest BCUT2D eigenvalue weighted by molar-refractivity contribution is 5.99. The first-order valence-electron chi connectivity index (χ1n) is 6.27. The number of rotatable bonds is 7. The molecule has 102 valence electrons. The van der Waals surface area contributed by atoms with E-state index in [1.165, 1.54) is 0 Å². The third kappa shape index (κ3) is 3.50. The van der Waals surface area contributed by atoms with Crippen LogP contribution < -0.4 is 0 Å². The molecule has 1 aliphatic rings. The lowest BCUT2D eigenvalue weighted by Crippen LogP contribution is -2.31. The maximum atomic E-state index is 12.0. The molecule has 0 heterocycles. The fraction of sp³-hybridized carbons (Fsp3) is 0.714. The summed E-state index contributed by atoms with van der Waals surface area (Å²) in [5.74, 6) is 0.300. The third-order valence-electron chi connectivity index (χ3n) is 3.39. The molecule has 0 unspecified atom stereocenters. The van der Waals surface area contributed by atoms with Gasteiger partial charge in [0, 0.05) is 38.0 Å². The van der Waals surface area contributed by atoms with Crippen molar-refractivity contribution in [1.29, 1.82) is 0 Å². The van der Waals surface area contributed by atoms with Gasteiger partial charge in [-0.15, -0.1) is 0 Å². The number of hydrogen-bond donors (Lipinski definition) is 0. The SMILES string of the molecule is COCC1(COC)CCC(=O)/C1=C/CCC(C)=O. The molecule has 0 saturated heterocycles. The number of carbonyl (C=O) groups is 2.